The summed E-state index contributed by atoms with van der Waals surface area (Å²) >= 11 is 7.87. The Morgan fingerprint density at radius 3 is 2.67 bits per heavy atom. The number of carbonyl (C=O) groups is 2. The summed E-state index contributed by atoms with van der Waals surface area (Å²) in [5.41, 5.74) is 1.17. The molecule has 0 N–H and O–H groups in total. The third-order valence-corrected chi connectivity index (χ3v) is 5.64. The average molecular weight is 401 g/mol. The molecule has 1 aromatic heterocycles. The van der Waals surface area contributed by atoms with Crippen LogP contribution in [0.4, 0.5) is 0 Å². The van der Waals surface area contributed by atoms with Gasteiger partial charge < -0.3 is 9.47 Å². The zero-order valence-corrected chi connectivity index (χ0v) is 16.4. The van der Waals surface area contributed by atoms with Crippen molar-refractivity contribution in [1.82, 2.24) is 0 Å². The van der Waals surface area contributed by atoms with Crippen LogP contribution < -0.4 is 4.74 Å². The molecule has 0 saturated heterocycles. The smallest absolute Gasteiger partial charge is 0.331 e. The van der Waals surface area contributed by atoms with Crippen molar-refractivity contribution < 1.29 is 19.1 Å². The summed E-state index contributed by atoms with van der Waals surface area (Å²) in [5.74, 6) is -0.00679. The highest BCUT2D eigenvalue weighted by Gasteiger charge is 2.10. The quantitative estimate of drug-likeness (QED) is 0.310. The zero-order chi connectivity index (χ0) is 19.4. The van der Waals surface area contributed by atoms with Crippen LogP contribution in [-0.2, 0) is 16.1 Å². The van der Waals surface area contributed by atoms with E-state index < -0.39 is 5.97 Å². The van der Waals surface area contributed by atoms with Crippen molar-refractivity contribution in [3.63, 3.8) is 0 Å². The maximum atomic E-state index is 12.1. The summed E-state index contributed by atoms with van der Waals surface area (Å²) < 4.78 is 11.6. The summed E-state index contributed by atoms with van der Waals surface area (Å²) in [6.45, 7) is 1.49. The first-order valence-corrected chi connectivity index (χ1v) is 9.38. The zero-order valence-electron chi connectivity index (χ0n) is 14.8. The van der Waals surface area contributed by atoms with E-state index in [2.05, 4.69) is 0 Å². The first-order valence-electron chi connectivity index (χ1n) is 8.19. The van der Waals surface area contributed by atoms with E-state index in [1.54, 1.807) is 24.3 Å². The number of esters is 1. The van der Waals surface area contributed by atoms with Crippen molar-refractivity contribution in [1.29, 1.82) is 0 Å². The van der Waals surface area contributed by atoms with Crippen molar-refractivity contribution >= 4 is 50.9 Å². The van der Waals surface area contributed by atoms with E-state index in [4.69, 9.17) is 21.1 Å². The third kappa shape index (κ3) is 4.38. The lowest BCUT2D eigenvalue weighted by Crippen LogP contribution is -2.04. The minimum Gasteiger partial charge on any atom is -0.496 e. The van der Waals surface area contributed by atoms with Gasteiger partial charge in [0, 0.05) is 32.2 Å². The van der Waals surface area contributed by atoms with Gasteiger partial charge in [0.15, 0.2) is 5.78 Å². The van der Waals surface area contributed by atoms with Crippen LogP contribution in [0, 0.1) is 0 Å². The number of carbonyl (C=O) groups excluding carboxylic acids is 2. The van der Waals surface area contributed by atoms with Crippen LogP contribution >= 0.6 is 22.9 Å². The number of ketones is 1. The summed E-state index contributed by atoms with van der Waals surface area (Å²) in [7, 11) is 1.53. The van der Waals surface area contributed by atoms with Crippen LogP contribution in [-0.4, -0.2) is 18.9 Å². The fraction of sp³-hybridized carbons (Fsp3) is 0.143. The minimum absolute atomic E-state index is 0.00755. The molecule has 0 amide bonds. The number of Topliss-reactive ketones (excluding diaryl/α,β-unsaturated/α-hetero) is 1. The van der Waals surface area contributed by atoms with Crippen molar-refractivity contribution in [2.45, 2.75) is 13.5 Å². The van der Waals surface area contributed by atoms with E-state index >= 15 is 0 Å². The van der Waals surface area contributed by atoms with Crippen LogP contribution in [0.2, 0.25) is 5.02 Å². The highest BCUT2D eigenvalue weighted by Crippen LogP contribution is 2.35. The number of methoxy groups -OCH3 is 1. The van der Waals surface area contributed by atoms with Crippen LogP contribution in [0.3, 0.4) is 0 Å². The predicted octanol–water partition coefficient (Wildman–Crippen LogP) is 5.52. The van der Waals surface area contributed by atoms with Crippen molar-refractivity contribution in [2.75, 3.05) is 7.11 Å². The van der Waals surface area contributed by atoms with Gasteiger partial charge in [-0.1, -0.05) is 29.8 Å². The van der Waals surface area contributed by atoms with Gasteiger partial charge in [0.25, 0.3) is 0 Å². The monoisotopic (exact) mass is 400 g/mol. The first kappa shape index (κ1) is 19.1. The summed E-state index contributed by atoms with van der Waals surface area (Å²) in [4.78, 5) is 24.4. The Morgan fingerprint density at radius 2 is 1.96 bits per heavy atom. The highest BCUT2D eigenvalue weighted by atomic mass is 35.5. The van der Waals surface area contributed by atoms with Crippen molar-refractivity contribution in [2.24, 2.45) is 0 Å². The van der Waals surface area contributed by atoms with Gasteiger partial charge in [0.2, 0.25) is 0 Å². The van der Waals surface area contributed by atoms with E-state index in [0.29, 0.717) is 21.9 Å². The van der Waals surface area contributed by atoms with Gasteiger partial charge in [0.05, 0.1) is 12.1 Å². The lowest BCUT2D eigenvalue weighted by Gasteiger charge is -2.09. The lowest BCUT2D eigenvalue weighted by molar-refractivity contribution is -0.138. The maximum Gasteiger partial charge on any atom is 0.331 e. The largest absolute Gasteiger partial charge is 0.496 e. The standard InChI is InChI=1S/C21H17ClO4S/c1-13(23)14-7-8-17(25-2)15(11-14)12-26-20(24)10-9-19-21(22)16-5-3-4-6-18(16)27-19/h3-11H,12H2,1-2H3/b10-9+. The maximum absolute atomic E-state index is 12.1. The number of ether oxygens (including phenoxy) is 2. The summed E-state index contributed by atoms with van der Waals surface area (Å²) in [6.07, 6.45) is 3.00. The van der Waals surface area contributed by atoms with Gasteiger partial charge in [-0.25, -0.2) is 4.79 Å². The highest BCUT2D eigenvalue weighted by molar-refractivity contribution is 7.20. The number of benzene rings is 2. The van der Waals surface area contributed by atoms with Gasteiger partial charge in [-0.15, -0.1) is 11.3 Å². The fourth-order valence-electron chi connectivity index (χ4n) is 2.59. The second-order valence-electron chi connectivity index (χ2n) is 5.80. The normalized spacial score (nSPS) is 11.1. The number of fused-ring (bicyclic) bond motifs is 1. The molecule has 0 atom stereocenters. The second-order valence-corrected chi connectivity index (χ2v) is 7.26. The number of hydrogen-bond donors (Lipinski definition) is 0. The molecule has 0 aliphatic rings. The van der Waals surface area contributed by atoms with E-state index in [-0.39, 0.29) is 12.4 Å². The van der Waals surface area contributed by atoms with Crippen molar-refractivity contribution in [3.8, 4) is 5.75 Å². The van der Waals surface area contributed by atoms with Crippen LogP contribution in [0.25, 0.3) is 16.2 Å². The van der Waals surface area contributed by atoms with Gasteiger partial charge in [-0.05, 0) is 37.3 Å². The molecule has 0 bridgehead atoms. The molecule has 0 unspecified atom stereocenters. The molecule has 0 aliphatic carbocycles. The third-order valence-electron chi connectivity index (χ3n) is 3.99. The van der Waals surface area contributed by atoms with E-state index in [1.165, 1.54) is 31.4 Å². The average Bonchev–Trinajstić information content (AvgIpc) is 3.00. The van der Waals surface area contributed by atoms with E-state index in [9.17, 15) is 9.59 Å². The Hall–Kier alpha value is -2.63. The predicted molar refractivity (Wildman–Crippen MR) is 109 cm³/mol. The molecule has 27 heavy (non-hydrogen) atoms. The van der Waals surface area contributed by atoms with Crippen LogP contribution in [0.1, 0.15) is 27.7 Å². The molecule has 4 nitrogen and oxygen atoms in total. The van der Waals surface area contributed by atoms with Crippen LogP contribution in [0.15, 0.2) is 48.5 Å². The Kier molecular flexibility index (Phi) is 5.94. The van der Waals surface area contributed by atoms with E-state index in [1.807, 2.05) is 24.3 Å². The number of rotatable bonds is 6. The molecule has 3 rings (SSSR count). The fourth-order valence-corrected chi connectivity index (χ4v) is 3.99. The Labute approximate surface area is 166 Å². The Morgan fingerprint density at radius 1 is 1.19 bits per heavy atom. The first-order chi connectivity index (χ1) is 13.0. The molecule has 6 heteroatoms. The molecular weight excluding hydrogens is 384 g/mol. The van der Waals surface area contributed by atoms with Gasteiger partial charge in [-0.3, -0.25) is 4.79 Å². The number of hydrogen-bond acceptors (Lipinski definition) is 5. The molecule has 0 fully saturated rings. The molecule has 138 valence electrons. The molecule has 1 heterocycles. The number of thiophene rings is 1. The molecule has 0 aliphatic heterocycles. The van der Waals surface area contributed by atoms with Gasteiger partial charge >= 0.3 is 5.97 Å². The molecule has 3 aromatic rings. The molecule has 2 aromatic carbocycles. The van der Waals surface area contributed by atoms with Crippen LogP contribution in [0.5, 0.6) is 5.75 Å². The van der Waals surface area contributed by atoms with Gasteiger partial charge in [-0.2, -0.15) is 0 Å². The molecule has 0 spiro atoms. The topological polar surface area (TPSA) is 52.6 Å². The Balaban J connectivity index is 1.71. The van der Waals surface area contributed by atoms with Gasteiger partial charge in [0.1, 0.15) is 12.4 Å². The van der Waals surface area contributed by atoms with E-state index in [0.717, 1.165) is 15.0 Å². The summed E-state index contributed by atoms with van der Waals surface area (Å²) in [6, 6.07) is 12.8. The molecule has 0 radical (unpaired) electrons. The molecular formula is C21H17ClO4S. The summed E-state index contributed by atoms with van der Waals surface area (Å²) in [5, 5.41) is 1.58. The molecule has 0 saturated carbocycles. The lowest BCUT2D eigenvalue weighted by atomic mass is 10.1. The SMILES string of the molecule is COc1ccc(C(C)=O)cc1COC(=O)/C=C/c1sc2ccccc2c1Cl. The second kappa shape index (κ2) is 8.37. The van der Waals surface area contributed by atoms with Crippen molar-refractivity contribution in [3.05, 3.63) is 69.6 Å². The number of halogens is 1. The Bertz CT molecular complexity index is 1040. The minimum atomic E-state index is -0.501.